The van der Waals surface area contributed by atoms with Gasteiger partial charge in [-0.3, -0.25) is 9.69 Å². The number of para-hydroxylation sites is 1. The predicted octanol–water partition coefficient (Wildman–Crippen LogP) is 3.09. The van der Waals surface area contributed by atoms with Gasteiger partial charge in [0.15, 0.2) is 6.29 Å². The summed E-state index contributed by atoms with van der Waals surface area (Å²) < 4.78 is 2.09. The number of hydrogen-bond donors (Lipinski definition) is 0. The van der Waals surface area contributed by atoms with E-state index in [1.54, 1.807) is 0 Å². The van der Waals surface area contributed by atoms with Crippen molar-refractivity contribution in [2.24, 2.45) is 0 Å². The molecule has 0 N–H and O–H groups in total. The average Bonchev–Trinajstić information content (AvgIpc) is 2.78. The summed E-state index contributed by atoms with van der Waals surface area (Å²) in [5, 5.41) is 0.995. The molecule has 0 aliphatic rings. The molecule has 0 aliphatic carbocycles. The minimum atomic E-state index is 0.715. The molecule has 1 aromatic heterocycles. The second kappa shape index (κ2) is 6.16. The van der Waals surface area contributed by atoms with Crippen LogP contribution in [0.5, 0.6) is 0 Å². The van der Waals surface area contributed by atoms with Crippen LogP contribution in [0.15, 0.2) is 55.8 Å². The number of carbonyl (C=O) groups excluding carboxylic acids is 1. The monoisotopic (exact) mass is 254 g/mol. The van der Waals surface area contributed by atoms with Gasteiger partial charge in [-0.05, 0) is 6.07 Å². The van der Waals surface area contributed by atoms with Crippen LogP contribution < -0.4 is 0 Å². The molecule has 0 spiro atoms. The van der Waals surface area contributed by atoms with Gasteiger partial charge >= 0.3 is 0 Å². The lowest BCUT2D eigenvalue weighted by Gasteiger charge is -2.20. The van der Waals surface area contributed by atoms with E-state index in [2.05, 4.69) is 22.6 Å². The Morgan fingerprint density at radius 1 is 1.16 bits per heavy atom. The topological polar surface area (TPSA) is 25.2 Å². The van der Waals surface area contributed by atoms with Gasteiger partial charge < -0.3 is 4.57 Å². The Kier molecular flexibility index (Phi) is 4.31. The van der Waals surface area contributed by atoms with Crippen molar-refractivity contribution in [1.82, 2.24) is 9.47 Å². The van der Waals surface area contributed by atoms with E-state index in [0.717, 1.165) is 35.8 Å². The van der Waals surface area contributed by atoms with Crippen LogP contribution in [-0.4, -0.2) is 28.8 Å². The number of hydrogen-bond acceptors (Lipinski definition) is 2. The van der Waals surface area contributed by atoms with Crippen molar-refractivity contribution >= 4 is 17.2 Å². The summed E-state index contributed by atoms with van der Waals surface area (Å²) in [6.45, 7) is 9.82. The van der Waals surface area contributed by atoms with Crippen LogP contribution in [-0.2, 0) is 6.67 Å². The molecule has 0 radical (unpaired) electrons. The number of carbonyl (C=O) groups is 1. The van der Waals surface area contributed by atoms with Gasteiger partial charge in [0.2, 0.25) is 0 Å². The number of aldehydes is 1. The van der Waals surface area contributed by atoms with Gasteiger partial charge in [0, 0.05) is 35.8 Å². The SMILES string of the molecule is C=CCN(CC=C)Cn1cc(C=O)c2ccccc21. The van der Waals surface area contributed by atoms with E-state index >= 15 is 0 Å². The molecule has 2 rings (SSSR count). The zero-order valence-electron chi connectivity index (χ0n) is 11.0. The number of aromatic nitrogens is 1. The van der Waals surface area contributed by atoms with Gasteiger partial charge in [-0.1, -0.05) is 30.4 Å². The highest BCUT2D eigenvalue weighted by Gasteiger charge is 2.09. The molecule has 0 unspecified atom stereocenters. The fourth-order valence-corrected chi connectivity index (χ4v) is 2.26. The number of fused-ring (bicyclic) bond motifs is 1. The molecule has 98 valence electrons. The molecule has 0 bridgehead atoms. The highest BCUT2D eigenvalue weighted by molar-refractivity contribution is 5.97. The van der Waals surface area contributed by atoms with Gasteiger partial charge in [-0.25, -0.2) is 0 Å². The third-order valence-corrected chi connectivity index (χ3v) is 3.07. The van der Waals surface area contributed by atoms with Crippen LogP contribution in [0.25, 0.3) is 10.9 Å². The number of benzene rings is 1. The first-order chi connectivity index (χ1) is 9.30. The molecule has 0 fully saturated rings. The van der Waals surface area contributed by atoms with Crippen LogP contribution in [0, 0.1) is 0 Å². The van der Waals surface area contributed by atoms with Gasteiger partial charge in [-0.15, -0.1) is 13.2 Å². The first-order valence-electron chi connectivity index (χ1n) is 6.27. The van der Waals surface area contributed by atoms with Gasteiger partial charge in [0.05, 0.1) is 6.67 Å². The molecule has 1 aromatic carbocycles. The first-order valence-corrected chi connectivity index (χ1v) is 6.27. The van der Waals surface area contributed by atoms with Crippen molar-refractivity contribution in [3.8, 4) is 0 Å². The molecular formula is C16H18N2O. The molecule has 3 heteroatoms. The third-order valence-electron chi connectivity index (χ3n) is 3.07. The molecular weight excluding hydrogens is 236 g/mol. The smallest absolute Gasteiger partial charge is 0.152 e. The van der Waals surface area contributed by atoms with E-state index in [1.807, 2.05) is 42.6 Å². The molecule has 2 aromatic rings. The highest BCUT2D eigenvalue weighted by atomic mass is 16.1. The predicted molar refractivity (Wildman–Crippen MR) is 79.3 cm³/mol. The van der Waals surface area contributed by atoms with Crippen LogP contribution in [0.2, 0.25) is 0 Å². The Morgan fingerprint density at radius 2 is 1.84 bits per heavy atom. The molecule has 0 amide bonds. The minimum Gasteiger partial charge on any atom is -0.333 e. The number of rotatable bonds is 7. The van der Waals surface area contributed by atoms with Gasteiger partial charge in [0.1, 0.15) is 0 Å². The van der Waals surface area contributed by atoms with Crippen LogP contribution >= 0.6 is 0 Å². The lowest BCUT2D eigenvalue weighted by Crippen LogP contribution is -2.26. The second-order valence-corrected chi connectivity index (χ2v) is 4.44. The quantitative estimate of drug-likeness (QED) is 0.560. The zero-order valence-corrected chi connectivity index (χ0v) is 11.0. The first kappa shape index (κ1) is 13.3. The van der Waals surface area contributed by atoms with Crippen LogP contribution in [0.1, 0.15) is 10.4 Å². The third kappa shape index (κ3) is 2.83. The summed E-state index contributed by atoms with van der Waals surface area (Å²) in [4.78, 5) is 13.3. The van der Waals surface area contributed by atoms with Crippen LogP contribution in [0.3, 0.4) is 0 Å². The molecule has 0 saturated heterocycles. The van der Waals surface area contributed by atoms with Gasteiger partial charge in [0.25, 0.3) is 0 Å². The van der Waals surface area contributed by atoms with Crippen molar-refractivity contribution < 1.29 is 4.79 Å². The normalized spacial score (nSPS) is 10.8. The molecule has 3 nitrogen and oxygen atoms in total. The molecule has 0 atom stereocenters. The summed E-state index contributed by atoms with van der Waals surface area (Å²) in [6.07, 6.45) is 6.55. The van der Waals surface area contributed by atoms with E-state index in [0.29, 0.717) is 6.67 Å². The molecule has 0 saturated carbocycles. The van der Waals surface area contributed by atoms with Crippen molar-refractivity contribution in [1.29, 1.82) is 0 Å². The largest absolute Gasteiger partial charge is 0.333 e. The van der Waals surface area contributed by atoms with Crippen LogP contribution in [0.4, 0.5) is 0 Å². The van der Waals surface area contributed by atoms with Crippen molar-refractivity contribution in [3.05, 3.63) is 61.3 Å². The lowest BCUT2D eigenvalue weighted by atomic mass is 10.2. The van der Waals surface area contributed by atoms with Crippen molar-refractivity contribution in [2.45, 2.75) is 6.67 Å². The molecule has 0 aliphatic heterocycles. The summed E-state index contributed by atoms with van der Waals surface area (Å²) in [6, 6.07) is 7.94. The minimum absolute atomic E-state index is 0.715. The van der Waals surface area contributed by atoms with E-state index < -0.39 is 0 Å². The molecule has 19 heavy (non-hydrogen) atoms. The fourth-order valence-electron chi connectivity index (χ4n) is 2.26. The van der Waals surface area contributed by atoms with Crippen molar-refractivity contribution in [2.75, 3.05) is 13.1 Å². The van der Waals surface area contributed by atoms with Crippen molar-refractivity contribution in [3.63, 3.8) is 0 Å². The summed E-state index contributed by atoms with van der Waals surface area (Å²) in [5.41, 5.74) is 1.80. The maximum atomic E-state index is 11.1. The number of nitrogens with zero attached hydrogens (tertiary/aromatic N) is 2. The molecule has 1 heterocycles. The van der Waals surface area contributed by atoms with E-state index in [1.165, 1.54) is 0 Å². The van der Waals surface area contributed by atoms with E-state index in [4.69, 9.17) is 0 Å². The second-order valence-electron chi connectivity index (χ2n) is 4.44. The Bertz CT molecular complexity index is 588. The Morgan fingerprint density at radius 3 is 2.47 bits per heavy atom. The maximum absolute atomic E-state index is 11.1. The lowest BCUT2D eigenvalue weighted by molar-refractivity contribution is 0.112. The Hall–Kier alpha value is -2.13. The standard InChI is InChI=1S/C16H18N2O/c1-3-9-17(10-4-2)13-18-11-14(12-19)15-7-5-6-8-16(15)18/h3-8,11-12H,1-2,9-10,13H2. The fraction of sp³-hybridized carbons (Fsp3) is 0.188. The van der Waals surface area contributed by atoms with E-state index in [9.17, 15) is 4.79 Å². The van der Waals surface area contributed by atoms with E-state index in [-0.39, 0.29) is 0 Å². The van der Waals surface area contributed by atoms with Gasteiger partial charge in [-0.2, -0.15) is 0 Å². The Labute approximate surface area is 113 Å². The highest BCUT2D eigenvalue weighted by Crippen LogP contribution is 2.20. The summed E-state index contributed by atoms with van der Waals surface area (Å²) >= 11 is 0. The summed E-state index contributed by atoms with van der Waals surface area (Å²) in [5.74, 6) is 0. The zero-order chi connectivity index (χ0) is 13.7. The Balaban J connectivity index is 2.36. The average molecular weight is 254 g/mol. The maximum Gasteiger partial charge on any atom is 0.152 e. The summed E-state index contributed by atoms with van der Waals surface area (Å²) in [7, 11) is 0.